The highest BCUT2D eigenvalue weighted by Crippen LogP contribution is 2.28. The molecule has 1 N–H and O–H groups in total. The molecule has 0 spiro atoms. The van der Waals surface area contributed by atoms with E-state index in [4.69, 9.17) is 0 Å². The summed E-state index contributed by atoms with van der Waals surface area (Å²) in [6, 6.07) is 0.866. The summed E-state index contributed by atoms with van der Waals surface area (Å²) in [4.78, 5) is 2.75. The van der Waals surface area contributed by atoms with Gasteiger partial charge in [0.05, 0.1) is 0 Å². The molecule has 2 heteroatoms. The Morgan fingerprint density at radius 1 is 1.07 bits per heavy atom. The van der Waals surface area contributed by atoms with Crippen LogP contribution in [0.25, 0.3) is 0 Å². The summed E-state index contributed by atoms with van der Waals surface area (Å²) in [6.07, 6.45) is 8.59. The van der Waals surface area contributed by atoms with Crippen LogP contribution in [0, 0.1) is 5.92 Å². The molecular weight excluding hydrogens is 184 g/mol. The largest absolute Gasteiger partial charge is 0.317 e. The fourth-order valence-electron chi connectivity index (χ4n) is 2.91. The quantitative estimate of drug-likeness (QED) is 0.765. The van der Waals surface area contributed by atoms with E-state index in [9.17, 15) is 0 Å². The average Bonchev–Trinajstić information content (AvgIpc) is 2.45. The lowest BCUT2D eigenvalue weighted by molar-refractivity contribution is 0.130. The Balaban J connectivity index is 1.79. The van der Waals surface area contributed by atoms with Crippen molar-refractivity contribution in [3.05, 3.63) is 0 Å². The van der Waals surface area contributed by atoms with Gasteiger partial charge < -0.3 is 10.2 Å². The Kier molecular flexibility index (Phi) is 4.45. The summed E-state index contributed by atoms with van der Waals surface area (Å²) in [5, 5.41) is 3.51. The van der Waals surface area contributed by atoms with E-state index in [2.05, 4.69) is 17.1 Å². The third-order valence-electron chi connectivity index (χ3n) is 4.19. The summed E-state index contributed by atoms with van der Waals surface area (Å²) in [5.41, 5.74) is 0. The predicted octanol–water partition coefficient (Wildman–Crippen LogP) is 2.25. The van der Waals surface area contributed by atoms with Crippen LogP contribution in [0.1, 0.15) is 45.4 Å². The molecule has 1 aliphatic carbocycles. The lowest BCUT2D eigenvalue weighted by Crippen LogP contribution is -2.40. The monoisotopic (exact) mass is 210 g/mol. The van der Waals surface area contributed by atoms with Crippen molar-refractivity contribution in [3.63, 3.8) is 0 Å². The highest BCUT2D eigenvalue weighted by molar-refractivity contribution is 4.80. The second-order valence-electron chi connectivity index (χ2n) is 5.22. The zero-order valence-corrected chi connectivity index (χ0v) is 10.2. The molecule has 15 heavy (non-hydrogen) atoms. The maximum absolute atomic E-state index is 3.51. The van der Waals surface area contributed by atoms with E-state index in [1.54, 1.807) is 0 Å². The van der Waals surface area contributed by atoms with E-state index < -0.39 is 0 Å². The highest BCUT2D eigenvalue weighted by Gasteiger charge is 2.24. The minimum atomic E-state index is 0.866. The Morgan fingerprint density at radius 3 is 2.60 bits per heavy atom. The zero-order valence-electron chi connectivity index (χ0n) is 10.2. The van der Waals surface area contributed by atoms with Crippen molar-refractivity contribution in [2.24, 2.45) is 5.92 Å². The van der Waals surface area contributed by atoms with E-state index in [-0.39, 0.29) is 0 Å². The number of nitrogens with one attached hydrogen (secondary N) is 1. The Hall–Kier alpha value is -0.0800. The van der Waals surface area contributed by atoms with Crippen molar-refractivity contribution < 1.29 is 0 Å². The number of nitrogens with zero attached hydrogens (tertiary/aromatic N) is 1. The smallest absolute Gasteiger partial charge is 0.0108 e. The molecular formula is C13H26N2. The van der Waals surface area contributed by atoms with Gasteiger partial charge in [0.1, 0.15) is 0 Å². The van der Waals surface area contributed by atoms with Crippen LogP contribution >= 0.6 is 0 Å². The van der Waals surface area contributed by atoms with Crippen LogP contribution in [0.4, 0.5) is 0 Å². The van der Waals surface area contributed by atoms with E-state index >= 15 is 0 Å². The molecule has 0 bridgehead atoms. The first kappa shape index (κ1) is 11.4. The van der Waals surface area contributed by atoms with Gasteiger partial charge in [-0.2, -0.15) is 0 Å². The van der Waals surface area contributed by atoms with Crippen LogP contribution in [0.3, 0.4) is 0 Å². The van der Waals surface area contributed by atoms with Gasteiger partial charge in [0, 0.05) is 12.6 Å². The molecule has 2 rings (SSSR count). The third-order valence-corrected chi connectivity index (χ3v) is 4.19. The van der Waals surface area contributed by atoms with Crippen molar-refractivity contribution in [2.75, 3.05) is 26.2 Å². The van der Waals surface area contributed by atoms with Gasteiger partial charge in [-0.3, -0.25) is 0 Å². The number of hydrogen-bond acceptors (Lipinski definition) is 2. The van der Waals surface area contributed by atoms with Crippen molar-refractivity contribution in [1.29, 1.82) is 0 Å². The molecule has 1 saturated heterocycles. The summed E-state index contributed by atoms with van der Waals surface area (Å²) in [5.74, 6) is 1.03. The topological polar surface area (TPSA) is 15.3 Å². The first-order chi connectivity index (χ1) is 7.40. The molecule has 1 aliphatic heterocycles. The Bertz CT molecular complexity index is 169. The summed E-state index contributed by atoms with van der Waals surface area (Å²) in [7, 11) is 0. The van der Waals surface area contributed by atoms with Crippen LogP contribution in [-0.4, -0.2) is 37.1 Å². The van der Waals surface area contributed by atoms with E-state index in [1.165, 1.54) is 64.7 Å². The molecule has 1 saturated carbocycles. The van der Waals surface area contributed by atoms with Crippen LogP contribution in [-0.2, 0) is 0 Å². The van der Waals surface area contributed by atoms with Gasteiger partial charge >= 0.3 is 0 Å². The van der Waals surface area contributed by atoms with Crippen molar-refractivity contribution >= 4 is 0 Å². The second kappa shape index (κ2) is 5.86. The third kappa shape index (κ3) is 3.18. The molecule has 1 heterocycles. The van der Waals surface area contributed by atoms with Crippen molar-refractivity contribution in [2.45, 2.75) is 51.5 Å². The van der Waals surface area contributed by atoms with Crippen molar-refractivity contribution in [1.82, 2.24) is 10.2 Å². The molecule has 1 unspecified atom stereocenters. The minimum absolute atomic E-state index is 0.866. The predicted molar refractivity (Wildman–Crippen MR) is 65.1 cm³/mol. The van der Waals surface area contributed by atoms with Crippen LogP contribution in [0.5, 0.6) is 0 Å². The van der Waals surface area contributed by atoms with E-state index in [1.807, 2.05) is 0 Å². The second-order valence-corrected chi connectivity index (χ2v) is 5.22. The molecule has 2 fully saturated rings. The van der Waals surface area contributed by atoms with Gasteiger partial charge in [-0.25, -0.2) is 0 Å². The molecule has 0 amide bonds. The fourth-order valence-corrected chi connectivity index (χ4v) is 2.91. The maximum atomic E-state index is 3.51. The van der Waals surface area contributed by atoms with Crippen LogP contribution in [0.15, 0.2) is 0 Å². The lowest BCUT2D eigenvalue weighted by Gasteiger charge is -2.36. The minimum Gasteiger partial charge on any atom is -0.317 e. The fraction of sp³-hybridized carbons (Fsp3) is 1.00. The summed E-state index contributed by atoms with van der Waals surface area (Å²) in [6.45, 7) is 7.42. The van der Waals surface area contributed by atoms with Gasteiger partial charge in [-0.05, 0) is 57.7 Å². The zero-order chi connectivity index (χ0) is 10.5. The number of rotatable bonds is 4. The van der Waals surface area contributed by atoms with Gasteiger partial charge in [0.2, 0.25) is 0 Å². The van der Waals surface area contributed by atoms with Crippen molar-refractivity contribution in [3.8, 4) is 0 Å². The molecule has 0 radical (unpaired) electrons. The average molecular weight is 210 g/mol. The molecule has 2 aliphatic rings. The normalized spacial score (nSPS) is 28.8. The van der Waals surface area contributed by atoms with Gasteiger partial charge in [-0.15, -0.1) is 0 Å². The molecule has 88 valence electrons. The molecule has 0 aromatic carbocycles. The Labute approximate surface area is 94.4 Å². The lowest BCUT2D eigenvalue weighted by atomic mass is 9.84. The first-order valence-corrected chi connectivity index (χ1v) is 6.85. The standard InChI is InChI=1S/C13H26N2/c1-2-15(11-12-5-3-6-12)13-7-4-9-14-10-8-13/h12-14H,2-11H2,1H3. The highest BCUT2D eigenvalue weighted by atomic mass is 15.2. The van der Waals surface area contributed by atoms with Crippen LogP contribution < -0.4 is 5.32 Å². The van der Waals surface area contributed by atoms with Gasteiger partial charge in [-0.1, -0.05) is 13.3 Å². The summed E-state index contributed by atoms with van der Waals surface area (Å²) >= 11 is 0. The molecule has 2 nitrogen and oxygen atoms in total. The molecule has 0 aromatic heterocycles. The van der Waals surface area contributed by atoms with Gasteiger partial charge in [0.15, 0.2) is 0 Å². The van der Waals surface area contributed by atoms with E-state index in [0.29, 0.717) is 0 Å². The molecule has 0 aromatic rings. The molecule has 1 atom stereocenters. The number of hydrogen-bond donors (Lipinski definition) is 1. The van der Waals surface area contributed by atoms with Gasteiger partial charge in [0.25, 0.3) is 0 Å². The Morgan fingerprint density at radius 2 is 1.93 bits per heavy atom. The SMILES string of the molecule is CCN(CC1CCC1)C1CCCNCC1. The van der Waals surface area contributed by atoms with E-state index in [0.717, 1.165) is 12.0 Å². The van der Waals surface area contributed by atoms with Crippen LogP contribution in [0.2, 0.25) is 0 Å². The first-order valence-electron chi connectivity index (χ1n) is 6.85. The summed E-state index contributed by atoms with van der Waals surface area (Å²) < 4.78 is 0. The maximum Gasteiger partial charge on any atom is 0.0108 e.